The largest absolute Gasteiger partial charge is 0.326 e. The average molecular weight is 577 g/mol. The summed E-state index contributed by atoms with van der Waals surface area (Å²) >= 11 is 0. The summed E-state index contributed by atoms with van der Waals surface area (Å²) in [7, 11) is -0.784. The number of nitrogens with zero attached hydrogens (tertiary/aromatic N) is 5. The molecule has 0 aliphatic carbocycles. The van der Waals surface area contributed by atoms with E-state index in [1.807, 2.05) is 24.3 Å². The highest BCUT2D eigenvalue weighted by Crippen LogP contribution is 2.27. The van der Waals surface area contributed by atoms with E-state index in [-0.39, 0.29) is 22.8 Å². The highest BCUT2D eigenvalue weighted by atomic mass is 32.2. The van der Waals surface area contributed by atoms with Gasteiger partial charge >= 0.3 is 6.03 Å². The third-order valence-electron chi connectivity index (χ3n) is 6.28. The van der Waals surface area contributed by atoms with Gasteiger partial charge in [0, 0.05) is 31.0 Å². The van der Waals surface area contributed by atoms with E-state index in [1.54, 1.807) is 41.3 Å². The van der Waals surface area contributed by atoms with Crippen molar-refractivity contribution in [3.63, 3.8) is 0 Å². The Hall–Kier alpha value is -4.62. The van der Waals surface area contributed by atoms with Gasteiger partial charge in [0.15, 0.2) is 0 Å². The second kappa shape index (κ2) is 11.9. The molecule has 41 heavy (non-hydrogen) atoms. The minimum Gasteiger partial charge on any atom is -0.307 e. The number of urea groups is 1. The summed E-state index contributed by atoms with van der Waals surface area (Å²) in [4.78, 5) is 27.7. The van der Waals surface area contributed by atoms with Crippen LogP contribution in [0.25, 0.3) is 0 Å². The van der Waals surface area contributed by atoms with Crippen LogP contribution in [0.3, 0.4) is 0 Å². The van der Waals surface area contributed by atoms with Crippen LogP contribution >= 0.6 is 0 Å². The topological polar surface area (TPSA) is 153 Å². The summed E-state index contributed by atoms with van der Waals surface area (Å²) in [5, 5.41) is 18.5. The van der Waals surface area contributed by atoms with Gasteiger partial charge in [-0.05, 0) is 64.2 Å². The molecule has 0 bridgehead atoms. The normalized spacial score (nSPS) is 11.8. The molecule has 3 N–H and O–H groups in total. The van der Waals surface area contributed by atoms with Crippen LogP contribution in [-0.2, 0) is 22.0 Å². The van der Waals surface area contributed by atoms with Crippen molar-refractivity contribution >= 4 is 39.3 Å². The average Bonchev–Trinajstić information content (AvgIpc) is 3.44. The van der Waals surface area contributed by atoms with E-state index in [0.717, 1.165) is 15.4 Å². The van der Waals surface area contributed by atoms with Crippen LogP contribution < -0.4 is 15.5 Å². The number of amides is 3. The van der Waals surface area contributed by atoms with Gasteiger partial charge in [-0.15, -0.1) is 5.10 Å². The Morgan fingerprint density at radius 3 is 2.20 bits per heavy atom. The van der Waals surface area contributed by atoms with Crippen LogP contribution in [0.1, 0.15) is 42.3 Å². The van der Waals surface area contributed by atoms with Crippen LogP contribution in [0, 0.1) is 0 Å². The molecule has 4 rings (SSSR count). The molecule has 13 heteroatoms. The predicted octanol–water partition coefficient (Wildman–Crippen LogP) is 4.24. The van der Waals surface area contributed by atoms with Gasteiger partial charge in [0.1, 0.15) is 0 Å². The zero-order valence-corrected chi connectivity index (χ0v) is 24.2. The van der Waals surface area contributed by atoms with Crippen molar-refractivity contribution in [3.05, 3.63) is 89.5 Å². The Morgan fingerprint density at radius 2 is 1.61 bits per heavy atom. The number of hydrogen-bond acceptors (Lipinski definition) is 7. The number of tetrazole rings is 1. The van der Waals surface area contributed by atoms with Gasteiger partial charge in [-0.2, -0.15) is 5.21 Å². The number of carbonyl (C=O) groups excluding carboxylic acids is 2. The summed E-state index contributed by atoms with van der Waals surface area (Å²) in [6.07, 6.45) is 0. The molecule has 0 atom stereocenters. The maximum absolute atomic E-state index is 13.6. The number of aromatic nitrogens is 4. The molecule has 1 heterocycles. The number of nitrogens with one attached hydrogen (secondary N) is 3. The van der Waals surface area contributed by atoms with E-state index in [9.17, 15) is 18.0 Å². The van der Waals surface area contributed by atoms with Gasteiger partial charge in [0.25, 0.3) is 11.9 Å². The quantitative estimate of drug-likeness (QED) is 0.284. The monoisotopic (exact) mass is 576 g/mol. The number of carbonyl (C=O) groups is 2. The van der Waals surface area contributed by atoms with Crippen LogP contribution in [0.5, 0.6) is 0 Å². The zero-order chi connectivity index (χ0) is 29.8. The molecule has 0 aliphatic heterocycles. The molecule has 4 aromatic rings. The van der Waals surface area contributed by atoms with Crippen molar-refractivity contribution in [1.82, 2.24) is 24.9 Å². The fraction of sp³-hybridized carbons (Fsp3) is 0.250. The van der Waals surface area contributed by atoms with E-state index in [1.165, 1.54) is 26.2 Å². The van der Waals surface area contributed by atoms with Gasteiger partial charge < -0.3 is 5.32 Å². The minimum absolute atomic E-state index is 0.0584. The number of anilines is 3. The molecule has 0 spiro atoms. The molecule has 214 valence electrons. The van der Waals surface area contributed by atoms with Gasteiger partial charge in [-0.25, -0.2) is 17.5 Å². The third kappa shape index (κ3) is 7.13. The number of hydrogen-bond donors (Lipinski definition) is 3. The smallest absolute Gasteiger partial charge is 0.307 e. The van der Waals surface area contributed by atoms with Crippen LogP contribution in [0.15, 0.2) is 77.7 Å². The maximum atomic E-state index is 13.6. The van der Waals surface area contributed by atoms with Gasteiger partial charge in [0.05, 0.1) is 11.4 Å². The molecule has 0 fully saturated rings. The molecule has 0 unspecified atom stereocenters. The predicted molar refractivity (Wildman–Crippen MR) is 156 cm³/mol. The molecular weight excluding hydrogens is 544 g/mol. The SMILES string of the molecule is CN(C)S(=O)(=O)c1cccc(NC(=O)N(Cc2ccc(C(=O)Nc3nn[nH]n3)cc2)c2ccc(C(C)(C)C)cc2)c1. The summed E-state index contributed by atoms with van der Waals surface area (Å²) in [6, 6.07) is 20.1. The molecule has 0 radical (unpaired) electrons. The summed E-state index contributed by atoms with van der Waals surface area (Å²) < 4.78 is 26.3. The molecular formula is C28H32N8O4S. The molecule has 1 aromatic heterocycles. The van der Waals surface area contributed by atoms with Crippen LogP contribution in [0.2, 0.25) is 0 Å². The van der Waals surface area contributed by atoms with E-state index in [4.69, 9.17) is 0 Å². The lowest BCUT2D eigenvalue weighted by Crippen LogP contribution is -2.34. The third-order valence-corrected chi connectivity index (χ3v) is 8.09. The first-order valence-corrected chi connectivity index (χ1v) is 14.1. The molecule has 3 amide bonds. The van der Waals surface area contributed by atoms with Crippen LogP contribution in [-0.4, -0.2) is 59.4 Å². The lowest BCUT2D eigenvalue weighted by atomic mass is 9.87. The Bertz CT molecular complexity index is 1610. The van der Waals surface area contributed by atoms with E-state index >= 15 is 0 Å². The molecule has 0 saturated carbocycles. The van der Waals surface area contributed by atoms with Gasteiger partial charge in [-0.3, -0.25) is 15.0 Å². The molecule has 3 aromatic carbocycles. The van der Waals surface area contributed by atoms with E-state index < -0.39 is 22.0 Å². The zero-order valence-electron chi connectivity index (χ0n) is 23.4. The summed E-state index contributed by atoms with van der Waals surface area (Å²) in [6.45, 7) is 6.51. The Kier molecular flexibility index (Phi) is 8.49. The number of rotatable bonds is 8. The van der Waals surface area contributed by atoms with Crippen LogP contribution in [0.4, 0.5) is 22.1 Å². The first kappa shape index (κ1) is 29.4. The number of H-pyrrole nitrogens is 1. The number of benzene rings is 3. The van der Waals surface area contributed by atoms with E-state index in [0.29, 0.717) is 16.9 Å². The molecule has 12 nitrogen and oxygen atoms in total. The first-order chi connectivity index (χ1) is 19.3. The van der Waals surface area contributed by atoms with Crippen molar-refractivity contribution in [3.8, 4) is 0 Å². The Morgan fingerprint density at radius 1 is 0.927 bits per heavy atom. The molecule has 0 aliphatic rings. The Labute approximate surface area is 238 Å². The molecule has 0 saturated heterocycles. The maximum Gasteiger partial charge on any atom is 0.326 e. The van der Waals surface area contributed by atoms with Crippen molar-refractivity contribution in [2.24, 2.45) is 0 Å². The fourth-order valence-corrected chi connectivity index (χ4v) is 4.84. The Balaban J connectivity index is 1.59. The van der Waals surface area contributed by atoms with Crippen molar-refractivity contribution in [1.29, 1.82) is 0 Å². The summed E-state index contributed by atoms with van der Waals surface area (Å²) in [5.41, 5.74) is 3.17. The van der Waals surface area contributed by atoms with E-state index in [2.05, 4.69) is 52.0 Å². The summed E-state index contributed by atoms with van der Waals surface area (Å²) in [5.74, 6) is -0.346. The fourth-order valence-electron chi connectivity index (χ4n) is 3.89. The first-order valence-electron chi connectivity index (χ1n) is 12.7. The second-order valence-electron chi connectivity index (χ2n) is 10.5. The number of sulfonamides is 1. The van der Waals surface area contributed by atoms with Crippen molar-refractivity contribution in [2.75, 3.05) is 29.6 Å². The lowest BCUT2D eigenvalue weighted by Gasteiger charge is -2.25. The van der Waals surface area contributed by atoms with Gasteiger partial charge in [-0.1, -0.05) is 56.2 Å². The lowest BCUT2D eigenvalue weighted by molar-refractivity contribution is 0.102. The highest BCUT2D eigenvalue weighted by Gasteiger charge is 2.21. The second-order valence-corrected chi connectivity index (χ2v) is 12.7. The highest BCUT2D eigenvalue weighted by molar-refractivity contribution is 7.89. The van der Waals surface area contributed by atoms with Gasteiger partial charge in [0.2, 0.25) is 10.0 Å². The van der Waals surface area contributed by atoms with Crippen molar-refractivity contribution < 1.29 is 18.0 Å². The standard InChI is InChI=1S/C28H32N8O4S/c1-28(2,3)21-13-15-23(16-14-21)36(27(38)29-22-7-6-8-24(17-22)41(39,40)35(4)5)18-19-9-11-20(12-10-19)25(37)30-26-31-33-34-32-26/h6-17H,18H2,1-5H3,(H,29,38)(H2,30,31,32,33,34,37). The minimum atomic E-state index is -3.68. The van der Waals surface area contributed by atoms with Crippen molar-refractivity contribution in [2.45, 2.75) is 37.6 Å². The number of aromatic amines is 1.